The molecule has 0 saturated carbocycles. The summed E-state index contributed by atoms with van der Waals surface area (Å²) in [6, 6.07) is 2.44. The smallest absolute Gasteiger partial charge is 0.242 e. The number of tetrazole rings is 1. The first-order valence-electron chi connectivity index (χ1n) is 5.51. The first-order chi connectivity index (χ1) is 9.06. The third-order valence-electron chi connectivity index (χ3n) is 2.50. The molecule has 0 aliphatic carbocycles. The molecule has 0 aliphatic heterocycles. The molecular formula is C11H11F2N5O. The Hall–Kier alpha value is -2.38. The van der Waals surface area contributed by atoms with Crippen molar-refractivity contribution in [3.8, 4) is 0 Å². The zero-order chi connectivity index (χ0) is 13.8. The van der Waals surface area contributed by atoms with Gasteiger partial charge in [-0.25, -0.2) is 13.5 Å². The minimum absolute atomic E-state index is 0.0880. The van der Waals surface area contributed by atoms with Gasteiger partial charge in [-0.1, -0.05) is 0 Å². The van der Waals surface area contributed by atoms with Gasteiger partial charge in [-0.15, -0.1) is 5.10 Å². The Labute approximate surface area is 107 Å². The van der Waals surface area contributed by atoms with Crippen molar-refractivity contribution in [1.82, 2.24) is 25.5 Å². The minimum atomic E-state index is -0.653. The lowest BCUT2D eigenvalue weighted by Crippen LogP contribution is -2.30. The van der Waals surface area contributed by atoms with Crippen molar-refractivity contribution in [3.05, 3.63) is 41.7 Å². The van der Waals surface area contributed by atoms with E-state index in [4.69, 9.17) is 0 Å². The average molecular weight is 267 g/mol. The zero-order valence-electron chi connectivity index (χ0n) is 10.0. The van der Waals surface area contributed by atoms with E-state index in [1.165, 1.54) is 11.0 Å². The predicted molar refractivity (Wildman–Crippen MR) is 60.7 cm³/mol. The Morgan fingerprint density at radius 2 is 2.26 bits per heavy atom. The largest absolute Gasteiger partial charge is 0.348 e. The maximum atomic E-state index is 13.5. The second kappa shape index (κ2) is 5.51. The highest BCUT2D eigenvalue weighted by Crippen LogP contribution is 2.17. The van der Waals surface area contributed by atoms with Crippen LogP contribution in [0.4, 0.5) is 8.78 Å². The van der Waals surface area contributed by atoms with E-state index < -0.39 is 23.6 Å². The van der Waals surface area contributed by atoms with Crippen molar-refractivity contribution >= 4 is 5.91 Å². The van der Waals surface area contributed by atoms with Crippen molar-refractivity contribution in [3.63, 3.8) is 0 Å². The van der Waals surface area contributed by atoms with E-state index in [1.54, 1.807) is 6.92 Å². The van der Waals surface area contributed by atoms with Crippen LogP contribution in [-0.2, 0) is 11.3 Å². The van der Waals surface area contributed by atoms with Crippen molar-refractivity contribution in [2.75, 3.05) is 0 Å². The highest BCUT2D eigenvalue weighted by Gasteiger charge is 2.15. The van der Waals surface area contributed by atoms with Crippen LogP contribution in [0.25, 0.3) is 0 Å². The van der Waals surface area contributed by atoms with Gasteiger partial charge in [-0.3, -0.25) is 4.79 Å². The molecule has 8 heteroatoms. The minimum Gasteiger partial charge on any atom is -0.348 e. The summed E-state index contributed by atoms with van der Waals surface area (Å²) in [5.41, 5.74) is 0.0880. The molecule has 2 aromatic rings. The summed E-state index contributed by atoms with van der Waals surface area (Å²) in [6.07, 6.45) is 1.28. The summed E-state index contributed by atoms with van der Waals surface area (Å²) in [5.74, 6) is -1.53. The van der Waals surface area contributed by atoms with Gasteiger partial charge in [0.05, 0.1) is 6.04 Å². The van der Waals surface area contributed by atoms with Gasteiger partial charge in [0.25, 0.3) is 0 Å². The van der Waals surface area contributed by atoms with Gasteiger partial charge in [-0.05, 0) is 35.5 Å². The summed E-state index contributed by atoms with van der Waals surface area (Å²) in [7, 11) is 0. The quantitative estimate of drug-likeness (QED) is 0.890. The normalized spacial score (nSPS) is 12.2. The Morgan fingerprint density at radius 3 is 2.95 bits per heavy atom. The van der Waals surface area contributed by atoms with Gasteiger partial charge in [0, 0.05) is 5.56 Å². The number of benzene rings is 1. The highest BCUT2D eigenvalue weighted by molar-refractivity contribution is 5.76. The summed E-state index contributed by atoms with van der Waals surface area (Å²) in [6.45, 7) is 1.48. The molecule has 1 aromatic carbocycles. The maximum absolute atomic E-state index is 13.5. The molecule has 0 unspecified atom stereocenters. The molecule has 1 amide bonds. The molecule has 0 saturated heterocycles. The maximum Gasteiger partial charge on any atom is 0.242 e. The molecule has 1 N–H and O–H groups in total. The van der Waals surface area contributed by atoms with Gasteiger partial charge >= 0.3 is 0 Å². The third-order valence-corrected chi connectivity index (χ3v) is 2.50. The summed E-state index contributed by atoms with van der Waals surface area (Å²) < 4.78 is 27.8. The van der Waals surface area contributed by atoms with Crippen molar-refractivity contribution < 1.29 is 13.6 Å². The number of nitrogens with one attached hydrogen (secondary N) is 1. The van der Waals surface area contributed by atoms with E-state index in [1.807, 2.05) is 0 Å². The van der Waals surface area contributed by atoms with Crippen molar-refractivity contribution in [2.45, 2.75) is 19.5 Å². The van der Waals surface area contributed by atoms with E-state index in [2.05, 4.69) is 20.8 Å². The summed E-state index contributed by atoms with van der Waals surface area (Å²) in [4.78, 5) is 11.6. The Kier molecular flexibility index (Phi) is 3.79. The molecule has 1 aromatic heterocycles. The number of amides is 1. The molecule has 0 radical (unpaired) electrons. The number of aromatic nitrogens is 4. The van der Waals surface area contributed by atoms with E-state index in [0.29, 0.717) is 0 Å². The lowest BCUT2D eigenvalue weighted by molar-refractivity contribution is -0.122. The number of halogens is 2. The monoisotopic (exact) mass is 267 g/mol. The molecule has 1 atom stereocenters. The lowest BCUT2D eigenvalue weighted by Gasteiger charge is -2.15. The molecule has 0 bridgehead atoms. The van der Waals surface area contributed by atoms with Crippen LogP contribution in [0.2, 0.25) is 0 Å². The van der Waals surface area contributed by atoms with E-state index in [-0.39, 0.29) is 12.1 Å². The third kappa shape index (κ3) is 3.30. The average Bonchev–Trinajstić information content (AvgIpc) is 2.84. The topological polar surface area (TPSA) is 72.7 Å². The second-order valence-electron chi connectivity index (χ2n) is 3.96. The van der Waals surface area contributed by atoms with Crippen LogP contribution in [0.5, 0.6) is 0 Å². The van der Waals surface area contributed by atoms with Crippen LogP contribution < -0.4 is 5.32 Å². The van der Waals surface area contributed by atoms with Crippen LogP contribution in [-0.4, -0.2) is 26.1 Å². The van der Waals surface area contributed by atoms with Gasteiger partial charge in [0.2, 0.25) is 5.91 Å². The van der Waals surface area contributed by atoms with Crippen LogP contribution in [0.3, 0.4) is 0 Å². The van der Waals surface area contributed by atoms with Crippen molar-refractivity contribution in [2.24, 2.45) is 0 Å². The molecule has 1 heterocycles. The van der Waals surface area contributed by atoms with Crippen molar-refractivity contribution in [1.29, 1.82) is 0 Å². The van der Waals surface area contributed by atoms with Crippen LogP contribution >= 0.6 is 0 Å². The predicted octanol–water partition coefficient (Wildman–Crippen LogP) is 0.829. The Morgan fingerprint density at radius 1 is 1.47 bits per heavy atom. The molecule has 0 fully saturated rings. The van der Waals surface area contributed by atoms with Gasteiger partial charge in [0.1, 0.15) is 24.5 Å². The number of carbonyl (C=O) groups is 1. The number of hydrogen-bond donors (Lipinski definition) is 1. The molecule has 0 aliphatic rings. The fourth-order valence-electron chi connectivity index (χ4n) is 1.61. The zero-order valence-corrected chi connectivity index (χ0v) is 10.0. The number of hydrogen-bond acceptors (Lipinski definition) is 4. The number of rotatable bonds is 4. The van der Waals surface area contributed by atoms with Gasteiger partial charge < -0.3 is 5.32 Å². The number of carbonyl (C=O) groups excluding carboxylic acids is 1. The highest BCUT2D eigenvalue weighted by atomic mass is 19.1. The first kappa shape index (κ1) is 13.1. The second-order valence-corrected chi connectivity index (χ2v) is 3.96. The van der Waals surface area contributed by atoms with Crippen LogP contribution in [0.15, 0.2) is 24.5 Å². The Bertz CT molecular complexity index is 572. The fourth-order valence-corrected chi connectivity index (χ4v) is 1.61. The van der Waals surface area contributed by atoms with Gasteiger partial charge in [-0.2, -0.15) is 0 Å². The molecular weight excluding hydrogens is 256 g/mol. The molecule has 19 heavy (non-hydrogen) atoms. The molecule has 6 nitrogen and oxygen atoms in total. The standard InChI is InChI=1S/C11H11F2N5O/c1-7(9-4-8(12)2-3-10(9)13)15-11(19)5-18-6-14-16-17-18/h2-4,6-7H,5H2,1H3,(H,15,19)/t7-/m1/s1. The van der Waals surface area contributed by atoms with E-state index in [9.17, 15) is 13.6 Å². The molecule has 0 spiro atoms. The first-order valence-corrected chi connectivity index (χ1v) is 5.51. The fraction of sp³-hybridized carbons (Fsp3) is 0.273. The Balaban J connectivity index is 2.02. The van der Waals surface area contributed by atoms with Crippen LogP contribution in [0, 0.1) is 11.6 Å². The van der Waals surface area contributed by atoms with Crippen LogP contribution in [0.1, 0.15) is 18.5 Å². The number of nitrogens with zero attached hydrogens (tertiary/aromatic N) is 4. The summed E-state index contributed by atoms with van der Waals surface area (Å²) in [5, 5.41) is 12.8. The van der Waals surface area contributed by atoms with E-state index in [0.717, 1.165) is 18.2 Å². The SMILES string of the molecule is C[C@@H](NC(=O)Cn1cnnn1)c1cc(F)ccc1F. The van der Waals surface area contributed by atoms with Gasteiger partial charge in [0.15, 0.2) is 0 Å². The lowest BCUT2D eigenvalue weighted by atomic mass is 10.1. The summed E-state index contributed by atoms with van der Waals surface area (Å²) >= 11 is 0. The molecule has 2 rings (SSSR count). The van der Waals surface area contributed by atoms with E-state index >= 15 is 0 Å². The molecule has 100 valence electrons.